The number of imide groups is 1. The van der Waals surface area contributed by atoms with Crippen molar-refractivity contribution in [3.05, 3.63) is 0 Å². The van der Waals surface area contributed by atoms with Gasteiger partial charge < -0.3 is 10.2 Å². The van der Waals surface area contributed by atoms with Crippen LogP contribution in [-0.2, 0) is 14.4 Å². The Hall–Kier alpha value is -1.43. The number of rotatable bonds is 4. The molecule has 0 aromatic carbocycles. The molecule has 2 fully saturated rings. The number of carbonyl (C=O) groups is 3. The summed E-state index contributed by atoms with van der Waals surface area (Å²) >= 11 is 0. The van der Waals surface area contributed by atoms with Crippen molar-refractivity contribution < 1.29 is 14.4 Å². The van der Waals surface area contributed by atoms with Crippen LogP contribution in [0.15, 0.2) is 0 Å². The first-order valence-electron chi connectivity index (χ1n) is 5.92. The lowest BCUT2D eigenvalue weighted by Gasteiger charge is -2.31. The quantitative estimate of drug-likeness (QED) is 0.608. The maximum absolute atomic E-state index is 11.8. The Morgan fingerprint density at radius 1 is 1.47 bits per heavy atom. The van der Waals surface area contributed by atoms with E-state index in [1.165, 1.54) is 17.7 Å². The Morgan fingerprint density at radius 3 is 2.82 bits per heavy atom. The van der Waals surface area contributed by atoms with Gasteiger partial charge in [-0.3, -0.25) is 19.7 Å². The van der Waals surface area contributed by atoms with Crippen LogP contribution >= 0.6 is 0 Å². The highest BCUT2D eigenvalue weighted by molar-refractivity contribution is 6.04. The van der Waals surface area contributed by atoms with Crippen LogP contribution in [0.1, 0.15) is 19.8 Å². The van der Waals surface area contributed by atoms with E-state index in [9.17, 15) is 14.4 Å². The van der Waals surface area contributed by atoms with E-state index in [2.05, 4.69) is 10.6 Å². The van der Waals surface area contributed by atoms with Crippen molar-refractivity contribution in [3.63, 3.8) is 0 Å². The first-order chi connectivity index (χ1) is 8.08. The van der Waals surface area contributed by atoms with Crippen molar-refractivity contribution in [2.24, 2.45) is 5.92 Å². The summed E-state index contributed by atoms with van der Waals surface area (Å²) in [5.74, 6) is -0.312. The van der Waals surface area contributed by atoms with E-state index in [-0.39, 0.29) is 19.0 Å². The Balaban J connectivity index is 1.83. The molecule has 1 atom stereocenters. The first-order valence-corrected chi connectivity index (χ1v) is 5.92. The molecule has 0 aromatic heterocycles. The second kappa shape index (κ2) is 4.83. The van der Waals surface area contributed by atoms with Gasteiger partial charge in [-0.25, -0.2) is 0 Å². The zero-order valence-electron chi connectivity index (χ0n) is 9.86. The molecule has 1 aliphatic carbocycles. The zero-order chi connectivity index (χ0) is 12.4. The van der Waals surface area contributed by atoms with Crippen molar-refractivity contribution in [1.29, 1.82) is 0 Å². The number of amides is 3. The van der Waals surface area contributed by atoms with Gasteiger partial charge in [0.1, 0.15) is 12.6 Å². The van der Waals surface area contributed by atoms with E-state index < -0.39 is 17.9 Å². The minimum absolute atomic E-state index is 0.0309. The van der Waals surface area contributed by atoms with Gasteiger partial charge in [0.25, 0.3) is 0 Å². The second-order valence-corrected chi connectivity index (χ2v) is 4.68. The molecule has 1 heterocycles. The normalized spacial score (nSPS) is 24.8. The van der Waals surface area contributed by atoms with E-state index in [0.29, 0.717) is 5.92 Å². The topological polar surface area (TPSA) is 78.5 Å². The molecule has 0 bridgehead atoms. The Bertz CT molecular complexity index is 352. The van der Waals surface area contributed by atoms with Gasteiger partial charge in [0.15, 0.2) is 0 Å². The van der Waals surface area contributed by atoms with E-state index in [4.69, 9.17) is 0 Å². The van der Waals surface area contributed by atoms with Gasteiger partial charge in [0.05, 0.1) is 6.54 Å². The molecule has 1 aliphatic heterocycles. The van der Waals surface area contributed by atoms with Gasteiger partial charge in [-0.05, 0) is 32.2 Å². The molecule has 2 aliphatic rings. The summed E-state index contributed by atoms with van der Waals surface area (Å²) in [4.78, 5) is 35.7. The lowest BCUT2D eigenvalue weighted by Crippen LogP contribution is -2.59. The average molecular weight is 239 g/mol. The fourth-order valence-electron chi connectivity index (χ4n) is 1.83. The van der Waals surface area contributed by atoms with Gasteiger partial charge in [-0.2, -0.15) is 0 Å². The highest BCUT2D eigenvalue weighted by atomic mass is 16.2. The third-order valence-corrected chi connectivity index (χ3v) is 3.15. The summed E-state index contributed by atoms with van der Waals surface area (Å²) in [5, 5.41) is 5.27. The summed E-state index contributed by atoms with van der Waals surface area (Å²) < 4.78 is 0. The molecule has 94 valence electrons. The van der Waals surface area contributed by atoms with Crippen molar-refractivity contribution in [2.75, 3.05) is 19.6 Å². The van der Waals surface area contributed by atoms with Crippen LogP contribution < -0.4 is 10.6 Å². The lowest BCUT2D eigenvalue weighted by atomic mass is 10.2. The highest BCUT2D eigenvalue weighted by Crippen LogP contribution is 2.27. The summed E-state index contributed by atoms with van der Waals surface area (Å²) in [7, 11) is 0. The maximum Gasteiger partial charge on any atom is 0.249 e. The van der Waals surface area contributed by atoms with Crippen LogP contribution in [0, 0.1) is 5.92 Å². The number of nitrogens with zero attached hydrogens (tertiary/aromatic N) is 1. The molecule has 2 N–H and O–H groups in total. The number of hydrogen-bond acceptors (Lipinski definition) is 4. The fourth-order valence-corrected chi connectivity index (χ4v) is 1.83. The predicted molar refractivity (Wildman–Crippen MR) is 59.9 cm³/mol. The van der Waals surface area contributed by atoms with Crippen LogP contribution in [0.5, 0.6) is 0 Å². The van der Waals surface area contributed by atoms with E-state index >= 15 is 0 Å². The fraction of sp³-hybridized carbons (Fsp3) is 0.727. The van der Waals surface area contributed by atoms with Crippen molar-refractivity contribution in [2.45, 2.75) is 25.8 Å². The highest BCUT2D eigenvalue weighted by Gasteiger charge is 2.33. The molecule has 6 nitrogen and oxygen atoms in total. The summed E-state index contributed by atoms with van der Waals surface area (Å²) in [6, 6.07) is -0.567. The first kappa shape index (κ1) is 12.0. The van der Waals surface area contributed by atoms with E-state index in [1.807, 2.05) is 0 Å². The monoisotopic (exact) mass is 239 g/mol. The van der Waals surface area contributed by atoms with Gasteiger partial charge in [-0.15, -0.1) is 0 Å². The van der Waals surface area contributed by atoms with Crippen LogP contribution in [0.2, 0.25) is 0 Å². The average Bonchev–Trinajstić information content (AvgIpc) is 3.07. The number of hydrogen-bond donors (Lipinski definition) is 2. The lowest BCUT2D eigenvalue weighted by molar-refractivity contribution is -0.148. The van der Waals surface area contributed by atoms with Crippen molar-refractivity contribution in [1.82, 2.24) is 15.5 Å². The molecule has 2 rings (SSSR count). The molecule has 0 aromatic rings. The Morgan fingerprint density at radius 2 is 2.18 bits per heavy atom. The Labute approximate surface area is 99.7 Å². The smallest absolute Gasteiger partial charge is 0.249 e. The number of carbonyl (C=O) groups excluding carboxylic acids is 3. The van der Waals surface area contributed by atoms with Crippen LogP contribution in [-0.4, -0.2) is 48.3 Å². The molecule has 0 radical (unpaired) electrons. The number of piperazine rings is 1. The van der Waals surface area contributed by atoms with Gasteiger partial charge in [-0.1, -0.05) is 0 Å². The van der Waals surface area contributed by atoms with Gasteiger partial charge >= 0.3 is 0 Å². The third kappa shape index (κ3) is 3.03. The molecule has 6 heteroatoms. The largest absolute Gasteiger partial charge is 0.321 e. The summed E-state index contributed by atoms with van der Waals surface area (Å²) in [6.07, 6.45) is 2.45. The van der Waals surface area contributed by atoms with Gasteiger partial charge in [0, 0.05) is 0 Å². The molecule has 3 amide bonds. The number of nitrogens with one attached hydrogen (secondary N) is 2. The van der Waals surface area contributed by atoms with Crippen LogP contribution in [0.3, 0.4) is 0 Å². The van der Waals surface area contributed by atoms with Crippen LogP contribution in [0.25, 0.3) is 0 Å². The minimum atomic E-state index is -0.567. The molecule has 1 unspecified atom stereocenters. The minimum Gasteiger partial charge on any atom is -0.321 e. The zero-order valence-corrected chi connectivity index (χ0v) is 9.86. The molecule has 1 saturated heterocycles. The molecule has 1 saturated carbocycles. The predicted octanol–water partition coefficient (Wildman–Crippen LogP) is -1.14. The standard InChI is InChI=1S/C11H17N3O3/c1-7-11(17)13-9(15)6-14(7)10(16)5-12-4-8-2-3-8/h7-8,12H,2-6H2,1H3,(H,13,15,17). The maximum atomic E-state index is 11.8. The van der Waals surface area contributed by atoms with E-state index in [1.54, 1.807) is 6.92 Å². The van der Waals surface area contributed by atoms with Crippen molar-refractivity contribution in [3.8, 4) is 0 Å². The third-order valence-electron chi connectivity index (χ3n) is 3.15. The van der Waals surface area contributed by atoms with Gasteiger partial charge in [0.2, 0.25) is 17.7 Å². The van der Waals surface area contributed by atoms with Crippen molar-refractivity contribution >= 4 is 17.7 Å². The van der Waals surface area contributed by atoms with Crippen LogP contribution in [0.4, 0.5) is 0 Å². The summed E-state index contributed by atoms with van der Waals surface area (Å²) in [6.45, 7) is 2.63. The second-order valence-electron chi connectivity index (χ2n) is 4.68. The molecular weight excluding hydrogens is 222 g/mol. The molecule has 0 spiro atoms. The summed E-state index contributed by atoms with van der Waals surface area (Å²) in [5.41, 5.74) is 0. The SMILES string of the molecule is CC1C(=O)NC(=O)CN1C(=O)CNCC1CC1. The van der Waals surface area contributed by atoms with E-state index in [0.717, 1.165) is 6.54 Å². The molecule has 17 heavy (non-hydrogen) atoms. The Kier molecular flexibility index (Phi) is 3.42. The molecular formula is C11H17N3O3.